The molecule has 0 bridgehead atoms. The molecule has 0 aliphatic carbocycles. The van der Waals surface area contributed by atoms with Gasteiger partial charge in [0.05, 0.1) is 0 Å². The molecular formula is C13H17ClN2. The van der Waals surface area contributed by atoms with Crippen molar-refractivity contribution in [3.63, 3.8) is 0 Å². The Bertz CT molecular complexity index is 502. The fraction of sp³-hybridized carbons (Fsp3) is 0.385. The number of benzene rings is 1. The maximum atomic E-state index is 6.04. The highest BCUT2D eigenvalue weighted by atomic mass is 35.5. The molecule has 1 aromatic carbocycles. The fourth-order valence-corrected chi connectivity index (χ4v) is 2.27. The first-order valence-corrected chi connectivity index (χ1v) is 6.01. The van der Waals surface area contributed by atoms with Gasteiger partial charge < -0.3 is 9.88 Å². The molecule has 0 aliphatic heterocycles. The first-order chi connectivity index (χ1) is 7.67. The van der Waals surface area contributed by atoms with E-state index in [2.05, 4.69) is 35.9 Å². The van der Waals surface area contributed by atoms with Crippen molar-refractivity contribution in [3.05, 3.63) is 35.0 Å². The standard InChI is InChI=1S/C13H17ClN2/c1-4-16-12(9(2)15-3)7-10-5-6-11(14)8-13(10)16/h5-9,15H,4H2,1-3H3. The number of hydrogen-bond donors (Lipinski definition) is 1. The van der Waals surface area contributed by atoms with Gasteiger partial charge >= 0.3 is 0 Å². The minimum absolute atomic E-state index is 0.353. The Labute approximate surface area is 101 Å². The van der Waals surface area contributed by atoms with Crippen molar-refractivity contribution in [2.45, 2.75) is 26.4 Å². The molecule has 2 aromatic rings. The molecule has 16 heavy (non-hydrogen) atoms. The highest BCUT2D eigenvalue weighted by Crippen LogP contribution is 2.26. The number of nitrogens with zero attached hydrogens (tertiary/aromatic N) is 1. The molecule has 0 saturated carbocycles. The van der Waals surface area contributed by atoms with Crippen LogP contribution < -0.4 is 5.32 Å². The van der Waals surface area contributed by atoms with Gasteiger partial charge in [0.15, 0.2) is 0 Å². The van der Waals surface area contributed by atoms with E-state index in [1.807, 2.05) is 19.2 Å². The van der Waals surface area contributed by atoms with E-state index in [1.165, 1.54) is 16.6 Å². The van der Waals surface area contributed by atoms with E-state index >= 15 is 0 Å². The van der Waals surface area contributed by atoms with Crippen molar-refractivity contribution in [2.24, 2.45) is 0 Å². The first-order valence-electron chi connectivity index (χ1n) is 5.63. The highest BCUT2D eigenvalue weighted by molar-refractivity contribution is 6.31. The van der Waals surface area contributed by atoms with Crippen LogP contribution in [0.15, 0.2) is 24.3 Å². The normalized spacial score (nSPS) is 13.2. The largest absolute Gasteiger partial charge is 0.343 e. The summed E-state index contributed by atoms with van der Waals surface area (Å²) in [6.45, 7) is 5.29. The van der Waals surface area contributed by atoms with Gasteiger partial charge in [-0.25, -0.2) is 0 Å². The molecule has 0 fully saturated rings. The van der Waals surface area contributed by atoms with Crippen LogP contribution in [0.3, 0.4) is 0 Å². The van der Waals surface area contributed by atoms with Crippen LogP contribution in [0.1, 0.15) is 25.6 Å². The maximum absolute atomic E-state index is 6.04. The van der Waals surface area contributed by atoms with E-state index in [1.54, 1.807) is 0 Å². The average Bonchev–Trinajstić information content (AvgIpc) is 2.65. The van der Waals surface area contributed by atoms with Crippen LogP contribution in [0, 0.1) is 0 Å². The van der Waals surface area contributed by atoms with Gasteiger partial charge in [-0.2, -0.15) is 0 Å². The third-order valence-electron chi connectivity index (χ3n) is 3.09. The molecule has 2 rings (SSSR count). The van der Waals surface area contributed by atoms with Crippen LogP contribution in [0.4, 0.5) is 0 Å². The van der Waals surface area contributed by atoms with E-state index in [4.69, 9.17) is 11.6 Å². The Hall–Kier alpha value is -0.990. The molecular weight excluding hydrogens is 220 g/mol. The van der Waals surface area contributed by atoms with Crippen molar-refractivity contribution < 1.29 is 0 Å². The van der Waals surface area contributed by atoms with Crippen molar-refractivity contribution in [2.75, 3.05) is 7.05 Å². The topological polar surface area (TPSA) is 17.0 Å². The van der Waals surface area contributed by atoms with Crippen molar-refractivity contribution in [1.29, 1.82) is 0 Å². The maximum Gasteiger partial charge on any atom is 0.0497 e. The van der Waals surface area contributed by atoms with Gasteiger partial charge in [-0.3, -0.25) is 0 Å². The van der Waals surface area contributed by atoms with E-state index in [-0.39, 0.29) is 0 Å². The molecule has 0 radical (unpaired) electrons. The molecule has 0 aliphatic rings. The summed E-state index contributed by atoms with van der Waals surface area (Å²) in [4.78, 5) is 0. The summed E-state index contributed by atoms with van der Waals surface area (Å²) in [5.74, 6) is 0. The Morgan fingerprint density at radius 1 is 1.38 bits per heavy atom. The Balaban J connectivity index is 2.66. The van der Waals surface area contributed by atoms with E-state index in [9.17, 15) is 0 Å². The van der Waals surface area contributed by atoms with Gasteiger partial charge in [0.2, 0.25) is 0 Å². The van der Waals surface area contributed by atoms with E-state index < -0.39 is 0 Å². The van der Waals surface area contributed by atoms with Crippen LogP contribution >= 0.6 is 11.6 Å². The Kier molecular flexibility index (Phi) is 3.22. The number of rotatable bonds is 3. The summed E-state index contributed by atoms with van der Waals surface area (Å²) in [5, 5.41) is 5.33. The zero-order valence-electron chi connectivity index (χ0n) is 9.92. The Morgan fingerprint density at radius 2 is 2.12 bits per heavy atom. The molecule has 1 heterocycles. The lowest BCUT2D eigenvalue weighted by atomic mass is 10.2. The highest BCUT2D eigenvalue weighted by Gasteiger charge is 2.12. The predicted octanol–water partition coefficient (Wildman–Crippen LogP) is 3.60. The minimum Gasteiger partial charge on any atom is -0.343 e. The lowest BCUT2D eigenvalue weighted by Gasteiger charge is -2.14. The molecule has 3 heteroatoms. The number of fused-ring (bicyclic) bond motifs is 1. The average molecular weight is 237 g/mol. The van der Waals surface area contributed by atoms with Crippen LogP contribution in [0.5, 0.6) is 0 Å². The van der Waals surface area contributed by atoms with Crippen LogP contribution in [0.2, 0.25) is 5.02 Å². The second-order valence-corrected chi connectivity index (χ2v) is 4.46. The summed E-state index contributed by atoms with van der Waals surface area (Å²) in [6, 6.07) is 8.64. The summed E-state index contributed by atoms with van der Waals surface area (Å²) in [6.07, 6.45) is 0. The van der Waals surface area contributed by atoms with Gasteiger partial charge in [-0.15, -0.1) is 0 Å². The summed E-state index contributed by atoms with van der Waals surface area (Å²) < 4.78 is 2.31. The third kappa shape index (κ3) is 1.83. The molecule has 1 N–H and O–H groups in total. The van der Waals surface area contributed by atoms with Crippen LogP contribution in [0.25, 0.3) is 10.9 Å². The zero-order valence-corrected chi connectivity index (χ0v) is 10.7. The zero-order chi connectivity index (χ0) is 11.7. The van der Waals surface area contributed by atoms with Crippen molar-refractivity contribution >= 4 is 22.5 Å². The van der Waals surface area contributed by atoms with E-state index in [0.717, 1.165) is 11.6 Å². The van der Waals surface area contributed by atoms with Gasteiger partial charge in [0.25, 0.3) is 0 Å². The second kappa shape index (κ2) is 4.48. The minimum atomic E-state index is 0.353. The van der Waals surface area contributed by atoms with Crippen LogP contribution in [-0.2, 0) is 6.54 Å². The summed E-state index contributed by atoms with van der Waals surface area (Å²) in [5.41, 5.74) is 2.52. The van der Waals surface area contributed by atoms with Crippen molar-refractivity contribution in [3.8, 4) is 0 Å². The number of nitrogens with one attached hydrogen (secondary N) is 1. The molecule has 1 aromatic heterocycles. The quantitative estimate of drug-likeness (QED) is 0.862. The number of halogens is 1. The van der Waals surface area contributed by atoms with Gasteiger partial charge in [-0.05, 0) is 39.1 Å². The first kappa shape index (κ1) is 11.5. The molecule has 2 nitrogen and oxygen atoms in total. The summed E-state index contributed by atoms with van der Waals surface area (Å²) in [7, 11) is 1.98. The summed E-state index contributed by atoms with van der Waals surface area (Å²) >= 11 is 6.04. The predicted molar refractivity (Wildman–Crippen MR) is 70.1 cm³/mol. The molecule has 86 valence electrons. The lowest BCUT2D eigenvalue weighted by molar-refractivity contribution is 0.589. The van der Waals surface area contributed by atoms with Crippen LogP contribution in [-0.4, -0.2) is 11.6 Å². The molecule has 1 atom stereocenters. The molecule has 1 unspecified atom stereocenters. The fourth-order valence-electron chi connectivity index (χ4n) is 2.11. The van der Waals surface area contributed by atoms with Gasteiger partial charge in [0, 0.05) is 34.2 Å². The number of aromatic nitrogens is 1. The SMILES string of the molecule is CCn1c(C(C)NC)cc2ccc(Cl)cc21. The number of aryl methyl sites for hydroxylation is 1. The smallest absolute Gasteiger partial charge is 0.0497 e. The Morgan fingerprint density at radius 3 is 2.75 bits per heavy atom. The molecule has 0 amide bonds. The van der Waals surface area contributed by atoms with Crippen molar-refractivity contribution in [1.82, 2.24) is 9.88 Å². The lowest BCUT2D eigenvalue weighted by Crippen LogP contribution is -2.16. The van der Waals surface area contributed by atoms with Gasteiger partial charge in [-0.1, -0.05) is 17.7 Å². The van der Waals surface area contributed by atoms with Gasteiger partial charge in [0.1, 0.15) is 0 Å². The third-order valence-corrected chi connectivity index (χ3v) is 3.33. The molecule has 0 spiro atoms. The number of hydrogen-bond acceptors (Lipinski definition) is 1. The van der Waals surface area contributed by atoms with E-state index in [0.29, 0.717) is 6.04 Å². The molecule has 0 saturated heterocycles. The monoisotopic (exact) mass is 236 g/mol. The second-order valence-electron chi connectivity index (χ2n) is 4.03.